The van der Waals surface area contributed by atoms with E-state index < -0.39 is 0 Å². The Balaban J connectivity index is 1.21. The minimum absolute atomic E-state index is 0.153. The van der Waals surface area contributed by atoms with Gasteiger partial charge in [0.05, 0.1) is 11.9 Å². The number of carbonyl (C=O) groups excluding carboxylic acids is 1. The molecule has 3 aromatic rings. The Morgan fingerprint density at radius 1 is 0.897 bits per heavy atom. The zero-order valence-electron chi connectivity index (χ0n) is 21.8. The van der Waals surface area contributed by atoms with Crippen LogP contribution < -0.4 is 15.5 Å². The third-order valence-corrected chi connectivity index (χ3v) is 7.47. The molecule has 1 aromatic heterocycles. The highest BCUT2D eigenvalue weighted by molar-refractivity contribution is 6.22. The van der Waals surface area contributed by atoms with Gasteiger partial charge < -0.3 is 15.5 Å². The highest BCUT2D eigenvalue weighted by atomic mass is 19.1. The molecule has 0 spiro atoms. The zero-order valence-corrected chi connectivity index (χ0v) is 21.8. The molecule has 2 aromatic carbocycles. The number of fused-ring (bicyclic) bond motifs is 1. The Hall–Kier alpha value is -4.45. The molecule has 0 bridgehead atoms. The minimum atomic E-state index is -0.266. The van der Waals surface area contributed by atoms with Gasteiger partial charge in [0.1, 0.15) is 5.82 Å². The number of nitrogens with one attached hydrogen (secondary N) is 2. The van der Waals surface area contributed by atoms with Crippen molar-refractivity contribution >= 4 is 28.4 Å². The highest BCUT2D eigenvalue weighted by Gasteiger charge is 2.21. The Morgan fingerprint density at radius 3 is 2.67 bits per heavy atom. The molecule has 0 radical (unpaired) electrons. The lowest BCUT2D eigenvalue weighted by atomic mass is 9.95. The maximum absolute atomic E-state index is 13.7. The Morgan fingerprint density at radius 2 is 1.79 bits per heavy atom. The van der Waals surface area contributed by atoms with E-state index >= 15 is 0 Å². The molecule has 2 aliphatic heterocycles. The van der Waals surface area contributed by atoms with Gasteiger partial charge in [0, 0.05) is 53.9 Å². The average molecular weight is 519 g/mol. The molecular weight excluding hydrogens is 487 g/mol. The SMILES string of the molecule is O=C(NC1=CCC=C(c2cccc(F)c2)C=C1)C1=CCNc2ccc(-c3cncc(N4CCCCC4)c3)cc21. The molecule has 1 fully saturated rings. The molecule has 6 rings (SSSR count). The molecule has 5 nitrogen and oxygen atoms in total. The van der Waals surface area contributed by atoms with Crippen molar-refractivity contribution in [2.24, 2.45) is 0 Å². The second-order valence-electron chi connectivity index (χ2n) is 10.1. The first-order valence-electron chi connectivity index (χ1n) is 13.6. The number of hydrogen-bond donors (Lipinski definition) is 2. The van der Waals surface area contributed by atoms with Gasteiger partial charge in [-0.2, -0.15) is 0 Å². The molecule has 3 aliphatic rings. The molecule has 2 N–H and O–H groups in total. The summed E-state index contributed by atoms with van der Waals surface area (Å²) in [6.45, 7) is 2.72. The summed E-state index contributed by atoms with van der Waals surface area (Å²) in [4.78, 5) is 20.4. The Bertz CT molecular complexity index is 1530. The van der Waals surface area contributed by atoms with Crippen molar-refractivity contribution in [3.63, 3.8) is 0 Å². The van der Waals surface area contributed by atoms with E-state index in [1.807, 2.05) is 54.9 Å². The lowest BCUT2D eigenvalue weighted by molar-refractivity contribution is -0.114. The van der Waals surface area contributed by atoms with Crippen LogP contribution in [0.3, 0.4) is 0 Å². The summed E-state index contributed by atoms with van der Waals surface area (Å²) in [6.07, 6.45) is 17.9. The van der Waals surface area contributed by atoms with Crippen molar-refractivity contribution in [3.05, 3.63) is 114 Å². The number of halogens is 1. The standard InChI is InChI=1S/C33H31FN4O/c34-27-8-4-7-24(18-27)23-6-5-9-28(12-10-23)37-33(39)30-14-15-36-32-13-11-25(20-31(30)32)26-19-29(22-35-21-26)38-16-2-1-3-17-38/h4,6-14,18-22,36H,1-3,5,15-17H2,(H,37,39). The van der Waals surface area contributed by atoms with Crippen LogP contribution in [0, 0.1) is 5.82 Å². The molecular formula is C33H31FN4O. The molecule has 0 unspecified atom stereocenters. The van der Waals surface area contributed by atoms with Gasteiger partial charge in [0.2, 0.25) is 0 Å². The summed E-state index contributed by atoms with van der Waals surface area (Å²) in [5.74, 6) is -0.419. The van der Waals surface area contributed by atoms with Crippen molar-refractivity contribution in [1.82, 2.24) is 10.3 Å². The van der Waals surface area contributed by atoms with Crippen LogP contribution in [0.15, 0.2) is 97.0 Å². The van der Waals surface area contributed by atoms with Gasteiger partial charge in [-0.15, -0.1) is 0 Å². The normalized spacial score (nSPS) is 16.7. The van der Waals surface area contributed by atoms with E-state index in [9.17, 15) is 9.18 Å². The summed E-state index contributed by atoms with van der Waals surface area (Å²) < 4.78 is 13.7. The molecule has 196 valence electrons. The quantitative estimate of drug-likeness (QED) is 0.393. The van der Waals surface area contributed by atoms with E-state index in [2.05, 4.69) is 38.7 Å². The number of pyridine rings is 1. The monoisotopic (exact) mass is 518 g/mol. The first-order chi connectivity index (χ1) is 19.1. The van der Waals surface area contributed by atoms with Crippen LogP contribution in [0.1, 0.15) is 36.8 Å². The van der Waals surface area contributed by atoms with Crippen molar-refractivity contribution in [2.45, 2.75) is 25.7 Å². The average Bonchev–Trinajstić information content (AvgIpc) is 3.22. The van der Waals surface area contributed by atoms with Crippen molar-refractivity contribution in [1.29, 1.82) is 0 Å². The van der Waals surface area contributed by atoms with Crippen LogP contribution in [0.5, 0.6) is 0 Å². The lowest BCUT2D eigenvalue weighted by Crippen LogP contribution is -2.29. The fourth-order valence-corrected chi connectivity index (χ4v) is 5.40. The van der Waals surface area contributed by atoms with Gasteiger partial charge >= 0.3 is 0 Å². The number of anilines is 2. The van der Waals surface area contributed by atoms with Gasteiger partial charge in [-0.25, -0.2) is 4.39 Å². The Kier molecular flexibility index (Phi) is 7.09. The molecule has 0 atom stereocenters. The van der Waals surface area contributed by atoms with E-state index in [0.29, 0.717) is 18.5 Å². The molecule has 1 saturated heterocycles. The summed E-state index contributed by atoms with van der Waals surface area (Å²) in [5.41, 5.74) is 8.12. The van der Waals surface area contributed by atoms with Crippen molar-refractivity contribution in [2.75, 3.05) is 29.9 Å². The number of amides is 1. The summed E-state index contributed by atoms with van der Waals surface area (Å²) >= 11 is 0. The second-order valence-corrected chi connectivity index (χ2v) is 10.1. The van der Waals surface area contributed by atoms with Crippen molar-refractivity contribution in [3.8, 4) is 11.1 Å². The third kappa shape index (κ3) is 5.55. The van der Waals surface area contributed by atoms with Gasteiger partial charge in [0.15, 0.2) is 0 Å². The van der Waals surface area contributed by atoms with E-state index in [1.54, 1.807) is 6.07 Å². The number of rotatable bonds is 5. The predicted molar refractivity (Wildman–Crippen MR) is 157 cm³/mol. The fourth-order valence-electron chi connectivity index (χ4n) is 5.40. The van der Waals surface area contributed by atoms with E-state index in [-0.39, 0.29) is 11.7 Å². The van der Waals surface area contributed by atoms with Crippen LogP contribution >= 0.6 is 0 Å². The van der Waals surface area contributed by atoms with E-state index in [1.165, 1.54) is 31.4 Å². The third-order valence-electron chi connectivity index (χ3n) is 7.47. The maximum atomic E-state index is 13.7. The fraction of sp³-hybridized carbons (Fsp3) is 0.212. The molecule has 39 heavy (non-hydrogen) atoms. The van der Waals surface area contributed by atoms with E-state index in [4.69, 9.17) is 0 Å². The molecule has 6 heteroatoms. The molecule has 0 saturated carbocycles. The van der Waals surface area contributed by atoms with Gasteiger partial charge in [-0.3, -0.25) is 9.78 Å². The number of benzene rings is 2. The lowest BCUT2D eigenvalue weighted by Gasteiger charge is -2.28. The largest absolute Gasteiger partial charge is 0.381 e. The highest BCUT2D eigenvalue weighted by Crippen LogP contribution is 2.34. The Labute approximate surface area is 228 Å². The van der Waals surface area contributed by atoms with Crippen LogP contribution in [0.4, 0.5) is 15.8 Å². The topological polar surface area (TPSA) is 57.3 Å². The van der Waals surface area contributed by atoms with Crippen LogP contribution in [0.25, 0.3) is 22.3 Å². The van der Waals surface area contributed by atoms with Crippen molar-refractivity contribution < 1.29 is 9.18 Å². The smallest absolute Gasteiger partial charge is 0.256 e. The van der Waals surface area contributed by atoms with Gasteiger partial charge in [-0.1, -0.05) is 42.5 Å². The molecule has 1 amide bonds. The van der Waals surface area contributed by atoms with Gasteiger partial charge in [0.25, 0.3) is 5.91 Å². The van der Waals surface area contributed by atoms with Crippen LogP contribution in [-0.4, -0.2) is 30.5 Å². The molecule has 1 aliphatic carbocycles. The zero-order chi connectivity index (χ0) is 26.6. The summed E-state index contributed by atoms with van der Waals surface area (Å²) in [7, 11) is 0. The number of hydrogen-bond acceptors (Lipinski definition) is 4. The predicted octanol–water partition coefficient (Wildman–Crippen LogP) is 6.73. The first-order valence-corrected chi connectivity index (χ1v) is 13.6. The maximum Gasteiger partial charge on any atom is 0.256 e. The summed E-state index contributed by atoms with van der Waals surface area (Å²) in [6, 6.07) is 14.9. The number of allylic oxidation sites excluding steroid dienone is 5. The first kappa shape index (κ1) is 24.9. The van der Waals surface area contributed by atoms with Crippen LogP contribution in [-0.2, 0) is 4.79 Å². The van der Waals surface area contributed by atoms with Gasteiger partial charge in [-0.05, 0) is 78.8 Å². The number of aromatic nitrogens is 1. The number of nitrogens with zero attached hydrogens (tertiary/aromatic N) is 2. The summed E-state index contributed by atoms with van der Waals surface area (Å²) in [5, 5.41) is 6.46. The van der Waals surface area contributed by atoms with Crippen LogP contribution in [0.2, 0.25) is 0 Å². The molecule has 3 heterocycles. The minimum Gasteiger partial charge on any atom is -0.381 e. The second kappa shape index (κ2) is 11.1. The number of carbonyl (C=O) groups is 1. The number of piperidine rings is 1. The van der Waals surface area contributed by atoms with E-state index in [0.717, 1.165) is 58.0 Å².